The van der Waals surface area contributed by atoms with E-state index >= 15 is 0 Å². The molecule has 3 N–H and O–H groups in total. The van der Waals surface area contributed by atoms with Gasteiger partial charge in [-0.05, 0) is 141 Å². The van der Waals surface area contributed by atoms with Crippen LogP contribution in [-0.2, 0) is 15.4 Å². The molecular formula is C72H107N13O5S. The number of aliphatic imine (C=N–C) groups is 2. The van der Waals surface area contributed by atoms with E-state index in [2.05, 4.69) is 156 Å². The van der Waals surface area contributed by atoms with Gasteiger partial charge in [-0.2, -0.15) is 9.78 Å². The summed E-state index contributed by atoms with van der Waals surface area (Å²) in [6.07, 6.45) is 12.5. The van der Waals surface area contributed by atoms with Crippen molar-refractivity contribution in [1.82, 2.24) is 34.4 Å². The van der Waals surface area contributed by atoms with Gasteiger partial charge in [0.15, 0.2) is 17.5 Å². The van der Waals surface area contributed by atoms with Gasteiger partial charge >= 0.3 is 0 Å². The average Bonchev–Trinajstić information content (AvgIpc) is 1.68. The van der Waals surface area contributed by atoms with Crippen molar-refractivity contribution in [3.63, 3.8) is 0 Å². The Bertz CT molecular complexity index is 3510. The molecule has 91 heavy (non-hydrogen) atoms. The van der Waals surface area contributed by atoms with E-state index in [0.717, 1.165) is 84.1 Å². The van der Waals surface area contributed by atoms with E-state index < -0.39 is 16.1 Å². The summed E-state index contributed by atoms with van der Waals surface area (Å²) in [5, 5.41) is 37.3. The number of methoxy groups -OCH3 is 1. The molecule has 4 heterocycles. The summed E-state index contributed by atoms with van der Waals surface area (Å²) in [4.78, 5) is 23.7. The number of anilines is 2. The standard InChI is InChI=1S/C43H60N6O.C29H47N7O4S/c1-14-48(21-22-50)31-19-20-36(28(3)25-31)45-40-37(44-13)33(26-32-34(42(7,8)9)23-27(2)24-35(32)43(10,11)12)39-46-38(47-49(39)40)29-15-17-30(18-16-29)41(4,5)6;1-6-9-10-11-12-13-14-15-20-41(38,39)34-22(4)28-31-32-29-27(24(7-2)33-36(28)29)30-25-17-16-23(21-26(25)40-5)35(8-3)18-19-37/h15-20,25,27,32,34-35,50H,14,21-24,26H2,1-12H3;16-17,21-22,34,37H,6-15,18-20H2,1-5H3. The number of aliphatic hydroxyl groups is 2. The molecule has 0 spiro atoms. The molecule has 19 heteroatoms. The highest BCUT2D eigenvalue weighted by Gasteiger charge is 2.47. The Labute approximate surface area is 545 Å². The fourth-order valence-corrected chi connectivity index (χ4v) is 14.7. The number of sulfonamides is 1. The van der Waals surface area contributed by atoms with Crippen LogP contribution in [0.1, 0.15) is 216 Å². The third-order valence-corrected chi connectivity index (χ3v) is 20.0. The van der Waals surface area contributed by atoms with Gasteiger partial charge in [-0.1, -0.05) is 152 Å². The third-order valence-electron chi connectivity index (χ3n) is 18.5. The number of benzene rings is 3. The number of aliphatic hydroxyl groups excluding tert-OH is 2. The van der Waals surface area contributed by atoms with Crippen molar-refractivity contribution in [1.29, 1.82) is 0 Å². The number of unbranched alkanes of at least 4 members (excludes halogenated alkanes) is 7. The first-order valence-corrected chi connectivity index (χ1v) is 35.2. The molecule has 0 amide bonds. The maximum absolute atomic E-state index is 12.8. The zero-order valence-corrected chi connectivity index (χ0v) is 58.8. The van der Waals surface area contributed by atoms with E-state index in [1.807, 2.05) is 47.7 Å². The number of allylic oxidation sites excluding steroid dienone is 2. The van der Waals surface area contributed by atoms with Crippen LogP contribution in [0, 0.1) is 48.0 Å². The van der Waals surface area contributed by atoms with Crippen LogP contribution in [0.2, 0.25) is 0 Å². The number of rotatable bonds is 27. The molecule has 18 nitrogen and oxygen atoms in total. The van der Waals surface area contributed by atoms with Crippen molar-refractivity contribution >= 4 is 55.6 Å². The number of ether oxygens (including phenoxy) is 1. The van der Waals surface area contributed by atoms with Gasteiger partial charge in [-0.15, -0.1) is 15.3 Å². The van der Waals surface area contributed by atoms with E-state index in [9.17, 15) is 18.6 Å². The van der Waals surface area contributed by atoms with Crippen LogP contribution >= 0.6 is 0 Å². The Kier molecular flexibility index (Phi) is 24.8. The Balaban J connectivity index is 0.000000264. The molecule has 5 aromatic rings. The second-order valence-electron chi connectivity index (χ2n) is 28.4. The normalized spacial score (nSPS) is 18.9. The summed E-state index contributed by atoms with van der Waals surface area (Å²) in [7, 11) is -1.89. The number of nitrogens with zero attached hydrogens (tertiary/aromatic N) is 12. The number of likely N-dealkylation sites (N-methyl/N-ethyl adjacent to an activating group) is 2. The van der Waals surface area contributed by atoms with E-state index in [0.29, 0.717) is 95.8 Å². The maximum Gasteiger partial charge on any atom is 0.237 e. The summed E-state index contributed by atoms with van der Waals surface area (Å²) in [5.74, 6) is 5.58. The van der Waals surface area contributed by atoms with Crippen LogP contribution in [0.3, 0.4) is 0 Å². The quantitative estimate of drug-likeness (QED) is 0.0333. The van der Waals surface area contributed by atoms with Crippen LogP contribution in [0.4, 0.5) is 22.7 Å². The van der Waals surface area contributed by atoms with Gasteiger partial charge in [-0.25, -0.2) is 37.6 Å². The lowest BCUT2D eigenvalue weighted by Crippen LogP contribution is -2.43. The van der Waals surface area contributed by atoms with Gasteiger partial charge < -0.3 is 24.7 Å². The van der Waals surface area contributed by atoms with Gasteiger partial charge in [-0.3, -0.25) is 0 Å². The minimum atomic E-state index is -3.48. The molecule has 3 atom stereocenters. The van der Waals surface area contributed by atoms with Crippen molar-refractivity contribution in [3.05, 3.63) is 106 Å². The Hall–Kier alpha value is -6.59. The van der Waals surface area contributed by atoms with Crippen LogP contribution in [0.5, 0.6) is 5.75 Å². The van der Waals surface area contributed by atoms with Crippen molar-refractivity contribution in [3.8, 4) is 17.1 Å². The number of hydrogen-bond acceptors (Lipinski definition) is 14. The third kappa shape index (κ3) is 17.8. The summed E-state index contributed by atoms with van der Waals surface area (Å²) < 4.78 is 37.4. The highest BCUT2D eigenvalue weighted by atomic mass is 32.2. The smallest absolute Gasteiger partial charge is 0.237 e. The molecule has 3 unspecified atom stereocenters. The summed E-state index contributed by atoms with van der Waals surface area (Å²) in [5.41, 5.74) is 9.77. The molecular weight excluding hydrogens is 1160 g/mol. The first kappa shape index (κ1) is 71.8. The van der Waals surface area contributed by atoms with Gasteiger partial charge in [0.05, 0.1) is 50.1 Å². The van der Waals surface area contributed by atoms with Crippen molar-refractivity contribution in [2.24, 2.45) is 49.6 Å². The Morgan fingerprint density at radius 1 is 0.780 bits per heavy atom. The molecule has 496 valence electrons. The van der Waals surface area contributed by atoms with E-state index in [-0.39, 0.29) is 35.2 Å². The van der Waals surface area contributed by atoms with Crippen molar-refractivity contribution in [2.45, 2.75) is 199 Å². The molecule has 0 bridgehead atoms. The molecule has 8 rings (SSSR count). The molecule has 2 aliphatic heterocycles. The fraction of sp³-hybridized carbons (Fsp3) is 0.611. The first-order valence-electron chi connectivity index (χ1n) is 33.6. The predicted molar refractivity (Wildman–Crippen MR) is 374 cm³/mol. The van der Waals surface area contributed by atoms with Gasteiger partial charge in [0.2, 0.25) is 21.5 Å². The molecule has 1 saturated carbocycles. The number of fused-ring (bicyclic) bond motifs is 2. The highest BCUT2D eigenvalue weighted by molar-refractivity contribution is 7.89. The van der Waals surface area contributed by atoms with Gasteiger partial charge in [0, 0.05) is 54.8 Å². The molecule has 3 aliphatic rings. The molecule has 3 aromatic carbocycles. The van der Waals surface area contributed by atoms with Crippen molar-refractivity contribution in [2.75, 3.05) is 62.1 Å². The lowest BCUT2D eigenvalue weighted by molar-refractivity contribution is -0.0115. The zero-order chi connectivity index (χ0) is 66.6. The summed E-state index contributed by atoms with van der Waals surface area (Å²) in [6, 6.07) is 19.9. The van der Waals surface area contributed by atoms with Crippen LogP contribution in [-0.4, -0.2) is 118 Å². The average molecular weight is 1270 g/mol. The van der Waals surface area contributed by atoms with Crippen LogP contribution in [0.15, 0.2) is 81.4 Å². The largest absolute Gasteiger partial charge is 0.494 e. The Morgan fingerprint density at radius 3 is 1.89 bits per heavy atom. The van der Waals surface area contributed by atoms with E-state index in [4.69, 9.17) is 31.4 Å². The molecule has 0 radical (unpaired) electrons. The molecule has 1 fully saturated rings. The second kappa shape index (κ2) is 31.4. The monoisotopic (exact) mass is 1270 g/mol. The molecule has 1 aliphatic carbocycles. The number of nitrogens with one attached hydrogen (secondary N) is 1. The van der Waals surface area contributed by atoms with E-state index in [1.165, 1.54) is 44.1 Å². The number of hydrogen-bond donors (Lipinski definition) is 3. The second-order valence-corrected chi connectivity index (χ2v) is 30.3. The Morgan fingerprint density at radius 2 is 1.36 bits per heavy atom. The van der Waals surface area contributed by atoms with E-state index in [1.54, 1.807) is 18.7 Å². The lowest BCUT2D eigenvalue weighted by atomic mass is 9.54. The SMILES string of the molecule is CCCCCCCCCCS(=O)(=O)NC(C)c1nnc2n1N=C(CC)C2=Nc1ccc(N(CC)CCO)cc1OC.[C-]#[N+]C1=C(CC2C(C(C)(C)C)CC(C)CC2C(C)(C)C)c2nc(-c3ccc(C(C)(C)C)cc3)nn2C1=Nc1ccc(N(CC)CCO)cc1C. The predicted octanol–water partition coefficient (Wildman–Crippen LogP) is 15.3. The topological polar surface area (TPSA) is 205 Å². The first-order chi connectivity index (χ1) is 43.1. The minimum absolute atomic E-state index is 0.0481. The van der Waals surface area contributed by atoms with Gasteiger partial charge in [0.1, 0.15) is 23.0 Å². The maximum atomic E-state index is 12.8. The van der Waals surface area contributed by atoms with Gasteiger partial charge in [0.25, 0.3) is 0 Å². The number of aryl methyl sites for hydroxylation is 1. The zero-order valence-electron chi connectivity index (χ0n) is 58.0. The van der Waals surface area contributed by atoms with Crippen LogP contribution < -0.4 is 19.3 Å². The highest BCUT2D eigenvalue weighted by Crippen LogP contribution is 2.55. The number of aromatic nitrogens is 6. The van der Waals surface area contributed by atoms with Crippen LogP contribution in [0.25, 0.3) is 21.8 Å². The summed E-state index contributed by atoms with van der Waals surface area (Å²) >= 11 is 0. The molecule has 2 aromatic heterocycles. The minimum Gasteiger partial charge on any atom is -0.494 e. The summed E-state index contributed by atoms with van der Waals surface area (Å²) in [6.45, 7) is 46.9. The molecule has 0 saturated heterocycles. The lowest BCUT2D eigenvalue weighted by Gasteiger charge is -2.51. The fourth-order valence-electron chi connectivity index (χ4n) is 13.3. The van der Waals surface area contributed by atoms with Crippen molar-refractivity contribution < 1.29 is 23.4 Å².